The molecule has 0 saturated carbocycles. The molecule has 0 aromatic rings. The van der Waals surface area contributed by atoms with E-state index in [2.05, 4.69) is 32.6 Å². The van der Waals surface area contributed by atoms with Crippen LogP contribution in [0.1, 0.15) is 53.4 Å². The fourth-order valence-electron chi connectivity index (χ4n) is 2.73. The van der Waals surface area contributed by atoms with E-state index in [0.29, 0.717) is 25.0 Å². The van der Waals surface area contributed by atoms with Gasteiger partial charge in [-0.25, -0.2) is 0 Å². The lowest BCUT2D eigenvalue weighted by Gasteiger charge is -2.34. The fraction of sp³-hybridized carbons (Fsp3) is 0.947. The normalized spacial score (nSPS) is 16.3. The van der Waals surface area contributed by atoms with Crippen LogP contribution in [0.25, 0.3) is 0 Å². The van der Waals surface area contributed by atoms with Crippen LogP contribution in [0.2, 0.25) is 0 Å². The number of piperazine rings is 1. The van der Waals surface area contributed by atoms with Gasteiger partial charge in [0.25, 0.3) is 0 Å². The summed E-state index contributed by atoms with van der Waals surface area (Å²) in [6.07, 6.45) is 3.93. The fourth-order valence-corrected chi connectivity index (χ4v) is 2.73. The molecule has 0 radical (unpaired) electrons. The van der Waals surface area contributed by atoms with Crippen molar-refractivity contribution in [1.29, 1.82) is 0 Å². The summed E-state index contributed by atoms with van der Waals surface area (Å²) < 4.78 is 11.2. The molecule has 1 aliphatic rings. The standard InChI is InChI=1S/C19H38N2O3/c1-17(2)8-16-23-14-5-7-19(22)21-12-10-20(11-13-21)9-6-15-24-18(3)4/h17-18H,5-16H2,1-4H3. The molecule has 1 saturated heterocycles. The highest BCUT2D eigenvalue weighted by Gasteiger charge is 2.20. The van der Waals surface area contributed by atoms with Crippen LogP contribution >= 0.6 is 0 Å². The van der Waals surface area contributed by atoms with E-state index >= 15 is 0 Å². The molecule has 142 valence electrons. The monoisotopic (exact) mass is 342 g/mol. The molecule has 5 nitrogen and oxygen atoms in total. The van der Waals surface area contributed by atoms with E-state index in [9.17, 15) is 4.79 Å². The van der Waals surface area contributed by atoms with E-state index < -0.39 is 0 Å². The Morgan fingerprint density at radius 2 is 1.67 bits per heavy atom. The first-order valence-corrected chi connectivity index (χ1v) is 9.68. The zero-order valence-electron chi connectivity index (χ0n) is 16.3. The van der Waals surface area contributed by atoms with Crippen LogP contribution in [0, 0.1) is 5.92 Å². The van der Waals surface area contributed by atoms with E-state index in [4.69, 9.17) is 9.47 Å². The Balaban J connectivity index is 2.02. The van der Waals surface area contributed by atoms with Crippen molar-refractivity contribution in [2.45, 2.75) is 59.5 Å². The Hall–Kier alpha value is -0.650. The maximum Gasteiger partial charge on any atom is 0.222 e. The van der Waals surface area contributed by atoms with Crippen molar-refractivity contribution >= 4 is 5.91 Å². The second-order valence-electron chi connectivity index (χ2n) is 7.39. The minimum atomic E-state index is 0.283. The minimum Gasteiger partial charge on any atom is -0.381 e. The quantitative estimate of drug-likeness (QED) is 0.512. The van der Waals surface area contributed by atoms with Gasteiger partial charge in [-0.1, -0.05) is 13.8 Å². The Morgan fingerprint density at radius 3 is 2.29 bits per heavy atom. The number of ether oxygens (including phenoxy) is 2. The van der Waals surface area contributed by atoms with Crippen LogP contribution < -0.4 is 0 Å². The average molecular weight is 343 g/mol. The summed E-state index contributed by atoms with van der Waals surface area (Å²) in [4.78, 5) is 16.7. The van der Waals surface area contributed by atoms with Gasteiger partial charge >= 0.3 is 0 Å². The Kier molecular flexibility index (Phi) is 11.3. The molecule has 0 bridgehead atoms. The zero-order chi connectivity index (χ0) is 17.8. The lowest BCUT2D eigenvalue weighted by atomic mass is 10.1. The highest BCUT2D eigenvalue weighted by atomic mass is 16.5. The van der Waals surface area contributed by atoms with Gasteiger partial charge in [-0.3, -0.25) is 9.69 Å². The summed E-state index contributed by atoms with van der Waals surface area (Å²) in [5, 5.41) is 0. The number of hydrogen-bond acceptors (Lipinski definition) is 4. The Bertz CT molecular complexity index is 327. The molecule has 0 N–H and O–H groups in total. The lowest BCUT2D eigenvalue weighted by Crippen LogP contribution is -2.49. The van der Waals surface area contributed by atoms with E-state index in [-0.39, 0.29) is 5.91 Å². The number of carbonyl (C=O) groups is 1. The van der Waals surface area contributed by atoms with Crippen molar-refractivity contribution in [3.05, 3.63) is 0 Å². The molecule has 0 spiro atoms. The van der Waals surface area contributed by atoms with Crippen LogP contribution in [0.3, 0.4) is 0 Å². The molecule has 1 fully saturated rings. The number of amides is 1. The molecule has 24 heavy (non-hydrogen) atoms. The van der Waals surface area contributed by atoms with Gasteiger partial charge in [-0.15, -0.1) is 0 Å². The molecule has 0 unspecified atom stereocenters. The molecular formula is C19H38N2O3. The van der Waals surface area contributed by atoms with Crippen molar-refractivity contribution < 1.29 is 14.3 Å². The van der Waals surface area contributed by atoms with Gasteiger partial charge in [0.2, 0.25) is 5.91 Å². The molecule has 1 aliphatic heterocycles. The predicted molar refractivity (Wildman–Crippen MR) is 98.2 cm³/mol. The highest BCUT2D eigenvalue weighted by molar-refractivity contribution is 5.76. The zero-order valence-corrected chi connectivity index (χ0v) is 16.3. The Morgan fingerprint density at radius 1 is 0.958 bits per heavy atom. The molecule has 1 amide bonds. The van der Waals surface area contributed by atoms with E-state index in [1.807, 2.05) is 4.90 Å². The molecule has 0 aromatic heterocycles. The summed E-state index contributed by atoms with van der Waals surface area (Å²) in [6, 6.07) is 0. The number of rotatable bonds is 12. The number of carbonyl (C=O) groups excluding carboxylic acids is 1. The second-order valence-corrected chi connectivity index (χ2v) is 7.39. The van der Waals surface area contributed by atoms with E-state index in [1.165, 1.54) is 0 Å². The third-order valence-corrected chi connectivity index (χ3v) is 4.31. The van der Waals surface area contributed by atoms with Crippen LogP contribution in [0.15, 0.2) is 0 Å². The Labute approximate surface area is 148 Å². The van der Waals surface area contributed by atoms with Crippen LogP contribution in [-0.4, -0.2) is 74.4 Å². The largest absolute Gasteiger partial charge is 0.381 e. The highest BCUT2D eigenvalue weighted by Crippen LogP contribution is 2.07. The van der Waals surface area contributed by atoms with Crippen molar-refractivity contribution in [2.24, 2.45) is 5.92 Å². The van der Waals surface area contributed by atoms with Crippen LogP contribution in [-0.2, 0) is 14.3 Å². The minimum absolute atomic E-state index is 0.283. The molecule has 0 aromatic carbocycles. The maximum atomic E-state index is 12.2. The van der Waals surface area contributed by atoms with Gasteiger partial charge in [0.1, 0.15) is 0 Å². The summed E-state index contributed by atoms with van der Waals surface area (Å²) in [7, 11) is 0. The first kappa shape index (κ1) is 21.4. The molecule has 0 aliphatic carbocycles. The van der Waals surface area contributed by atoms with E-state index in [0.717, 1.165) is 65.2 Å². The van der Waals surface area contributed by atoms with Crippen molar-refractivity contribution in [3.8, 4) is 0 Å². The van der Waals surface area contributed by atoms with Gasteiger partial charge < -0.3 is 14.4 Å². The third kappa shape index (κ3) is 10.3. The number of hydrogen-bond donors (Lipinski definition) is 0. The summed E-state index contributed by atoms with van der Waals surface area (Å²) >= 11 is 0. The lowest BCUT2D eigenvalue weighted by molar-refractivity contribution is -0.133. The maximum absolute atomic E-state index is 12.2. The summed E-state index contributed by atoms with van der Waals surface area (Å²) in [5.41, 5.74) is 0. The molecule has 1 heterocycles. The van der Waals surface area contributed by atoms with Gasteiger partial charge in [-0.2, -0.15) is 0 Å². The van der Waals surface area contributed by atoms with Crippen LogP contribution in [0.4, 0.5) is 0 Å². The number of nitrogens with zero attached hydrogens (tertiary/aromatic N) is 2. The van der Waals surface area contributed by atoms with Gasteiger partial charge in [-0.05, 0) is 39.0 Å². The first-order valence-electron chi connectivity index (χ1n) is 9.68. The smallest absolute Gasteiger partial charge is 0.222 e. The molecule has 1 rings (SSSR count). The molecule has 0 atom stereocenters. The van der Waals surface area contributed by atoms with Crippen LogP contribution in [0.5, 0.6) is 0 Å². The van der Waals surface area contributed by atoms with Crippen molar-refractivity contribution in [2.75, 3.05) is 52.5 Å². The second kappa shape index (κ2) is 12.7. The van der Waals surface area contributed by atoms with Gasteiger partial charge in [0.15, 0.2) is 0 Å². The topological polar surface area (TPSA) is 42.0 Å². The predicted octanol–water partition coefficient (Wildman–Crippen LogP) is 2.79. The van der Waals surface area contributed by atoms with Crippen molar-refractivity contribution in [3.63, 3.8) is 0 Å². The van der Waals surface area contributed by atoms with E-state index in [1.54, 1.807) is 0 Å². The summed E-state index contributed by atoms with van der Waals surface area (Å²) in [6.45, 7) is 15.6. The molecular weight excluding hydrogens is 304 g/mol. The van der Waals surface area contributed by atoms with Crippen molar-refractivity contribution in [1.82, 2.24) is 9.80 Å². The summed E-state index contributed by atoms with van der Waals surface area (Å²) in [5.74, 6) is 0.963. The van der Waals surface area contributed by atoms with Gasteiger partial charge in [0, 0.05) is 59.0 Å². The SMILES string of the molecule is CC(C)CCOCCCC(=O)N1CCN(CCCOC(C)C)CC1. The molecule has 5 heteroatoms. The first-order chi connectivity index (χ1) is 11.5. The van der Waals surface area contributed by atoms with Gasteiger partial charge in [0.05, 0.1) is 6.10 Å². The average Bonchev–Trinajstić information content (AvgIpc) is 2.54. The third-order valence-electron chi connectivity index (χ3n) is 4.31.